The third-order valence-corrected chi connectivity index (χ3v) is 6.45. The molecule has 5 rings (SSSR count). The lowest BCUT2D eigenvalue weighted by Gasteiger charge is -2.32. The summed E-state index contributed by atoms with van der Waals surface area (Å²) in [5, 5.41) is 12.2. The lowest BCUT2D eigenvalue weighted by atomic mass is 9.82. The fourth-order valence-corrected chi connectivity index (χ4v) is 4.49. The van der Waals surface area contributed by atoms with Gasteiger partial charge in [-0.2, -0.15) is 0 Å². The van der Waals surface area contributed by atoms with Gasteiger partial charge in [0.1, 0.15) is 27.2 Å². The number of carbonyl (C=O) groups is 1. The quantitative estimate of drug-likeness (QED) is 0.478. The fourth-order valence-electron chi connectivity index (χ4n) is 3.55. The van der Waals surface area contributed by atoms with E-state index in [1.807, 2.05) is 19.1 Å². The molecule has 1 fully saturated rings. The summed E-state index contributed by atoms with van der Waals surface area (Å²) in [6.45, 7) is 1.84. The van der Waals surface area contributed by atoms with Gasteiger partial charge in [0.2, 0.25) is 5.92 Å². The van der Waals surface area contributed by atoms with Crippen LogP contribution < -0.4 is 5.32 Å². The van der Waals surface area contributed by atoms with Crippen LogP contribution in [-0.2, 0) is 0 Å². The van der Waals surface area contributed by atoms with E-state index in [2.05, 4.69) is 20.5 Å². The number of benzene rings is 1. The smallest absolute Gasteiger partial charge is 0.274 e. The van der Waals surface area contributed by atoms with Gasteiger partial charge in [0.25, 0.3) is 5.91 Å². The Labute approximate surface area is 178 Å². The maximum atomic E-state index is 13.6. The molecule has 3 heterocycles. The van der Waals surface area contributed by atoms with Gasteiger partial charge in [-0.15, -0.1) is 10.2 Å². The van der Waals surface area contributed by atoms with Crippen molar-refractivity contribution in [1.82, 2.24) is 19.6 Å². The maximum Gasteiger partial charge on any atom is 0.274 e. The van der Waals surface area contributed by atoms with Crippen molar-refractivity contribution in [2.45, 2.75) is 31.6 Å². The normalized spacial score (nSPS) is 15.7. The van der Waals surface area contributed by atoms with Gasteiger partial charge in [0.15, 0.2) is 0 Å². The van der Waals surface area contributed by atoms with Gasteiger partial charge in [-0.05, 0) is 30.7 Å². The first-order chi connectivity index (χ1) is 14.8. The molecule has 6 nitrogen and oxygen atoms in total. The second-order valence-electron chi connectivity index (χ2n) is 7.61. The molecule has 1 amide bonds. The number of fused-ring (bicyclic) bond motifs is 1. The van der Waals surface area contributed by atoms with Crippen molar-refractivity contribution in [2.24, 2.45) is 0 Å². The van der Waals surface area contributed by atoms with Crippen LogP contribution in [0.1, 0.15) is 39.8 Å². The van der Waals surface area contributed by atoms with Gasteiger partial charge in [0, 0.05) is 36.2 Å². The Balaban J connectivity index is 1.39. The van der Waals surface area contributed by atoms with E-state index in [1.54, 1.807) is 6.07 Å². The monoisotopic (exact) mass is 443 g/mol. The molecular formula is C21H16F3N5OS. The minimum Gasteiger partial charge on any atom is -0.320 e. The molecule has 1 aliphatic carbocycles. The van der Waals surface area contributed by atoms with Gasteiger partial charge >= 0.3 is 0 Å². The Kier molecular flexibility index (Phi) is 4.54. The van der Waals surface area contributed by atoms with Crippen LogP contribution in [0.25, 0.3) is 16.2 Å². The fraction of sp³-hybridized carbons (Fsp3) is 0.238. The number of pyridine rings is 1. The van der Waals surface area contributed by atoms with Crippen LogP contribution in [0, 0.1) is 12.7 Å². The Bertz CT molecular complexity index is 1310. The predicted molar refractivity (Wildman–Crippen MR) is 110 cm³/mol. The van der Waals surface area contributed by atoms with Crippen LogP contribution in [0.15, 0.2) is 42.7 Å². The minimum absolute atomic E-state index is 0.198. The second kappa shape index (κ2) is 7.16. The van der Waals surface area contributed by atoms with E-state index in [-0.39, 0.29) is 24.5 Å². The molecule has 1 aliphatic rings. The van der Waals surface area contributed by atoms with Crippen molar-refractivity contribution >= 4 is 28.6 Å². The number of alkyl halides is 2. The molecule has 1 aromatic carbocycles. The number of aryl methyl sites for hydroxylation is 1. The van der Waals surface area contributed by atoms with Crippen LogP contribution in [-0.4, -0.2) is 31.4 Å². The van der Waals surface area contributed by atoms with Crippen LogP contribution in [0.2, 0.25) is 0 Å². The third kappa shape index (κ3) is 3.67. The first kappa shape index (κ1) is 19.7. The molecule has 158 valence electrons. The molecule has 1 saturated carbocycles. The van der Waals surface area contributed by atoms with Crippen LogP contribution in [0.4, 0.5) is 18.9 Å². The average molecular weight is 443 g/mol. The Morgan fingerprint density at radius 3 is 2.81 bits per heavy atom. The number of nitrogens with one attached hydrogen (secondary N) is 1. The lowest BCUT2D eigenvalue weighted by Crippen LogP contribution is -2.33. The van der Waals surface area contributed by atoms with E-state index < -0.39 is 17.6 Å². The number of aromatic nitrogens is 4. The second-order valence-corrected chi connectivity index (χ2v) is 8.62. The summed E-state index contributed by atoms with van der Waals surface area (Å²) in [5.74, 6) is -3.79. The van der Waals surface area contributed by atoms with Crippen molar-refractivity contribution in [3.63, 3.8) is 0 Å². The first-order valence-corrected chi connectivity index (χ1v) is 10.4. The highest BCUT2D eigenvalue weighted by atomic mass is 32.1. The molecule has 4 aromatic rings. The zero-order chi connectivity index (χ0) is 21.8. The summed E-state index contributed by atoms with van der Waals surface area (Å²) in [7, 11) is 0. The number of carbonyl (C=O) groups excluding carboxylic acids is 1. The molecule has 0 atom stereocenters. The van der Waals surface area contributed by atoms with E-state index >= 15 is 0 Å². The van der Waals surface area contributed by atoms with Gasteiger partial charge in [-0.1, -0.05) is 23.5 Å². The summed E-state index contributed by atoms with van der Waals surface area (Å²) in [6.07, 6.45) is 2.19. The topological polar surface area (TPSA) is 72.2 Å². The van der Waals surface area contributed by atoms with Crippen molar-refractivity contribution in [1.29, 1.82) is 0 Å². The number of halogens is 3. The third-order valence-electron chi connectivity index (χ3n) is 5.31. The number of hydrogen-bond donors (Lipinski definition) is 1. The molecule has 0 bridgehead atoms. The Morgan fingerprint density at radius 2 is 2.03 bits per heavy atom. The maximum absolute atomic E-state index is 13.6. The number of hydrogen-bond acceptors (Lipinski definition) is 5. The lowest BCUT2D eigenvalue weighted by molar-refractivity contribution is -0.0868. The largest absolute Gasteiger partial charge is 0.320 e. The Hall–Kier alpha value is -3.27. The summed E-state index contributed by atoms with van der Waals surface area (Å²) >= 11 is 1.28. The van der Waals surface area contributed by atoms with Gasteiger partial charge in [-0.25, -0.2) is 18.2 Å². The van der Waals surface area contributed by atoms with Crippen molar-refractivity contribution in [3.8, 4) is 10.6 Å². The molecule has 0 spiro atoms. The summed E-state index contributed by atoms with van der Waals surface area (Å²) in [4.78, 5) is 16.9. The van der Waals surface area contributed by atoms with Crippen molar-refractivity contribution in [2.75, 3.05) is 5.32 Å². The van der Waals surface area contributed by atoms with Gasteiger partial charge < -0.3 is 5.32 Å². The highest BCUT2D eigenvalue weighted by molar-refractivity contribution is 7.14. The van der Waals surface area contributed by atoms with Crippen LogP contribution >= 0.6 is 11.3 Å². The van der Waals surface area contributed by atoms with Crippen LogP contribution in [0.3, 0.4) is 0 Å². The molecule has 0 unspecified atom stereocenters. The number of amides is 1. The number of anilines is 1. The zero-order valence-corrected chi connectivity index (χ0v) is 17.1. The van der Waals surface area contributed by atoms with Gasteiger partial charge in [-0.3, -0.25) is 9.20 Å². The Morgan fingerprint density at radius 1 is 1.23 bits per heavy atom. The summed E-state index contributed by atoms with van der Waals surface area (Å²) < 4.78 is 41.3. The van der Waals surface area contributed by atoms with E-state index in [0.717, 1.165) is 11.1 Å². The highest BCUT2D eigenvalue weighted by Gasteiger charge is 2.47. The molecule has 1 N–H and O–H groups in total. The van der Waals surface area contributed by atoms with Crippen molar-refractivity contribution in [3.05, 3.63) is 64.8 Å². The molecule has 0 radical (unpaired) electrons. The molecule has 3 aromatic heterocycles. The van der Waals surface area contributed by atoms with E-state index in [1.165, 1.54) is 40.3 Å². The standard InChI is InChI=1S/C21H16F3N5OS/c1-11-2-3-12(19-27-28-20(31-19)13-7-21(23,24)8-13)6-15(11)26-18(30)16-9-25-17-5-4-14(22)10-29(16)17/h2-6,9-10,13H,7-8H2,1H3,(H,26,30). The number of rotatable bonds is 4. The van der Waals surface area contributed by atoms with E-state index in [0.29, 0.717) is 21.3 Å². The summed E-state index contributed by atoms with van der Waals surface area (Å²) in [5.41, 5.74) is 2.75. The predicted octanol–water partition coefficient (Wildman–Crippen LogP) is 5.07. The minimum atomic E-state index is -2.61. The van der Waals surface area contributed by atoms with E-state index in [4.69, 9.17) is 0 Å². The molecule has 0 aliphatic heterocycles. The number of nitrogens with zero attached hydrogens (tertiary/aromatic N) is 4. The SMILES string of the molecule is Cc1ccc(-c2nnc(C3CC(F)(F)C3)s2)cc1NC(=O)c1cnc2ccc(F)cn12. The average Bonchev–Trinajstić information content (AvgIpc) is 3.34. The highest BCUT2D eigenvalue weighted by Crippen LogP contribution is 2.49. The van der Waals surface area contributed by atoms with E-state index in [9.17, 15) is 18.0 Å². The molecule has 0 saturated heterocycles. The molecular weight excluding hydrogens is 427 g/mol. The zero-order valence-electron chi connectivity index (χ0n) is 16.3. The summed E-state index contributed by atoms with van der Waals surface area (Å²) in [6, 6.07) is 8.20. The molecule has 31 heavy (non-hydrogen) atoms. The van der Waals surface area contributed by atoms with Crippen LogP contribution in [0.5, 0.6) is 0 Å². The van der Waals surface area contributed by atoms with Gasteiger partial charge in [0.05, 0.1) is 6.20 Å². The van der Waals surface area contributed by atoms with Crippen molar-refractivity contribution < 1.29 is 18.0 Å². The molecule has 10 heteroatoms. The number of imidazole rings is 1. The first-order valence-electron chi connectivity index (χ1n) is 9.55.